The lowest BCUT2D eigenvalue weighted by molar-refractivity contribution is -0.115. The zero-order valence-corrected chi connectivity index (χ0v) is 13.4. The van der Waals surface area contributed by atoms with Gasteiger partial charge in [-0.2, -0.15) is 0 Å². The number of nitrogens with one attached hydrogen (secondary N) is 1. The third kappa shape index (κ3) is 3.71. The number of aryl methyl sites for hydroxylation is 1. The highest BCUT2D eigenvalue weighted by atomic mass is 32.2. The molecule has 0 saturated heterocycles. The second-order valence-corrected chi connectivity index (χ2v) is 6.16. The number of hydrogen-bond acceptors (Lipinski definition) is 3. The van der Waals surface area contributed by atoms with Crippen LogP contribution in [0.25, 0.3) is 11.0 Å². The van der Waals surface area contributed by atoms with E-state index in [0.29, 0.717) is 17.9 Å². The highest BCUT2D eigenvalue weighted by molar-refractivity contribution is 7.99. The maximum Gasteiger partial charge on any atom is 0.225 e. The number of thioether (sulfide) groups is 1. The average molecular weight is 329 g/mol. The largest absolute Gasteiger partial charge is 0.326 e. The molecule has 0 aliphatic heterocycles. The van der Waals surface area contributed by atoms with E-state index in [1.165, 1.54) is 12.1 Å². The highest BCUT2D eigenvalue weighted by Gasteiger charge is 2.09. The van der Waals surface area contributed by atoms with E-state index in [0.717, 1.165) is 16.2 Å². The quantitative estimate of drug-likeness (QED) is 0.724. The van der Waals surface area contributed by atoms with Gasteiger partial charge in [0, 0.05) is 24.9 Å². The number of hydrogen-bond donors (Lipinski definition) is 1. The minimum atomic E-state index is -0.319. The number of amides is 1. The first kappa shape index (κ1) is 15.6. The molecule has 1 heterocycles. The van der Waals surface area contributed by atoms with Crippen molar-refractivity contribution in [1.29, 1.82) is 0 Å². The van der Waals surface area contributed by atoms with E-state index in [1.54, 1.807) is 23.9 Å². The highest BCUT2D eigenvalue weighted by Crippen LogP contribution is 2.23. The van der Waals surface area contributed by atoms with Gasteiger partial charge < -0.3 is 9.88 Å². The van der Waals surface area contributed by atoms with Gasteiger partial charge in [-0.1, -0.05) is 23.9 Å². The van der Waals surface area contributed by atoms with E-state index in [2.05, 4.69) is 10.3 Å². The number of anilines is 1. The molecule has 23 heavy (non-hydrogen) atoms. The number of imidazole rings is 1. The number of nitrogens with zero attached hydrogens (tertiary/aromatic N) is 2. The molecule has 3 rings (SSSR count). The SMILES string of the molecule is Cn1c(SCCC(=O)Nc2ccc(F)cc2)nc2ccccc21. The van der Waals surface area contributed by atoms with Crippen LogP contribution in [0.5, 0.6) is 0 Å². The van der Waals surface area contributed by atoms with Gasteiger partial charge >= 0.3 is 0 Å². The molecule has 0 fully saturated rings. The summed E-state index contributed by atoms with van der Waals surface area (Å²) in [5.74, 6) is 0.216. The van der Waals surface area contributed by atoms with Gasteiger partial charge in [-0.15, -0.1) is 0 Å². The second-order valence-electron chi connectivity index (χ2n) is 5.10. The first-order valence-corrected chi connectivity index (χ1v) is 8.22. The first-order chi connectivity index (χ1) is 11.1. The van der Waals surface area contributed by atoms with Gasteiger partial charge in [0.05, 0.1) is 11.0 Å². The number of benzene rings is 2. The Morgan fingerprint density at radius 2 is 1.96 bits per heavy atom. The van der Waals surface area contributed by atoms with Gasteiger partial charge in [-0.25, -0.2) is 9.37 Å². The summed E-state index contributed by atoms with van der Waals surface area (Å²) in [7, 11) is 1.97. The minimum absolute atomic E-state index is 0.0946. The van der Waals surface area contributed by atoms with Crippen LogP contribution < -0.4 is 5.32 Å². The standard InChI is InChI=1S/C17H16FN3OS/c1-21-15-5-3-2-4-14(15)20-17(21)23-11-10-16(22)19-13-8-6-12(18)7-9-13/h2-9H,10-11H2,1H3,(H,19,22). The normalized spacial score (nSPS) is 10.9. The Hall–Kier alpha value is -2.34. The van der Waals surface area contributed by atoms with Crippen molar-refractivity contribution in [2.45, 2.75) is 11.6 Å². The van der Waals surface area contributed by atoms with E-state index < -0.39 is 0 Å². The molecule has 4 nitrogen and oxygen atoms in total. The van der Waals surface area contributed by atoms with Crippen LogP contribution in [0.4, 0.5) is 10.1 Å². The van der Waals surface area contributed by atoms with E-state index in [9.17, 15) is 9.18 Å². The van der Waals surface area contributed by atoms with Crippen molar-refractivity contribution in [3.8, 4) is 0 Å². The zero-order chi connectivity index (χ0) is 16.2. The fraction of sp³-hybridized carbons (Fsp3) is 0.176. The van der Waals surface area contributed by atoms with Crippen LogP contribution in [0.2, 0.25) is 0 Å². The van der Waals surface area contributed by atoms with Gasteiger partial charge in [0.15, 0.2) is 5.16 Å². The van der Waals surface area contributed by atoms with Crippen molar-refractivity contribution in [2.24, 2.45) is 7.05 Å². The van der Waals surface area contributed by atoms with Crippen LogP contribution in [-0.4, -0.2) is 21.2 Å². The number of aromatic nitrogens is 2. The third-order valence-corrected chi connectivity index (χ3v) is 4.47. The molecule has 0 bridgehead atoms. The summed E-state index contributed by atoms with van der Waals surface area (Å²) < 4.78 is 14.8. The summed E-state index contributed by atoms with van der Waals surface area (Å²) in [6, 6.07) is 13.7. The number of rotatable bonds is 5. The van der Waals surface area contributed by atoms with Crippen molar-refractivity contribution in [1.82, 2.24) is 9.55 Å². The molecule has 3 aromatic rings. The average Bonchev–Trinajstić information content (AvgIpc) is 2.86. The summed E-state index contributed by atoms with van der Waals surface area (Å²) in [6.45, 7) is 0. The van der Waals surface area contributed by atoms with E-state index in [1.807, 2.05) is 35.9 Å². The Morgan fingerprint density at radius 1 is 1.22 bits per heavy atom. The summed E-state index contributed by atoms with van der Waals surface area (Å²) in [4.78, 5) is 16.5. The summed E-state index contributed by atoms with van der Waals surface area (Å²) in [6.07, 6.45) is 0.366. The van der Waals surface area contributed by atoms with E-state index in [4.69, 9.17) is 0 Å². The minimum Gasteiger partial charge on any atom is -0.326 e. The topological polar surface area (TPSA) is 46.9 Å². The van der Waals surface area contributed by atoms with E-state index in [-0.39, 0.29) is 11.7 Å². The molecule has 2 aromatic carbocycles. The van der Waals surface area contributed by atoms with Crippen LogP contribution in [0.15, 0.2) is 53.7 Å². The monoisotopic (exact) mass is 329 g/mol. The van der Waals surface area contributed by atoms with Crippen molar-refractivity contribution >= 4 is 34.4 Å². The fourth-order valence-corrected chi connectivity index (χ4v) is 3.17. The second kappa shape index (κ2) is 6.83. The molecular weight excluding hydrogens is 313 g/mol. The van der Waals surface area contributed by atoms with Gasteiger partial charge in [0.25, 0.3) is 0 Å². The zero-order valence-electron chi connectivity index (χ0n) is 12.6. The Kier molecular flexibility index (Phi) is 4.62. The van der Waals surface area contributed by atoms with Crippen molar-refractivity contribution in [2.75, 3.05) is 11.1 Å². The van der Waals surface area contributed by atoms with Crippen molar-refractivity contribution in [3.05, 3.63) is 54.3 Å². The molecule has 6 heteroatoms. The summed E-state index contributed by atoms with van der Waals surface area (Å²) in [5, 5.41) is 3.64. The molecule has 0 spiro atoms. The number of para-hydroxylation sites is 2. The lowest BCUT2D eigenvalue weighted by Crippen LogP contribution is -2.12. The van der Waals surface area contributed by atoms with Crippen LogP contribution in [0, 0.1) is 5.82 Å². The predicted octanol–water partition coefficient (Wildman–Crippen LogP) is 3.83. The molecule has 0 radical (unpaired) electrons. The predicted molar refractivity (Wildman–Crippen MR) is 91.1 cm³/mol. The van der Waals surface area contributed by atoms with Gasteiger partial charge in [0.1, 0.15) is 5.82 Å². The number of halogens is 1. The maximum atomic E-state index is 12.8. The van der Waals surface area contributed by atoms with Crippen LogP contribution in [-0.2, 0) is 11.8 Å². The molecular formula is C17H16FN3OS. The van der Waals surface area contributed by atoms with Gasteiger partial charge in [-0.3, -0.25) is 4.79 Å². The summed E-state index contributed by atoms with van der Waals surface area (Å²) >= 11 is 1.55. The van der Waals surface area contributed by atoms with E-state index >= 15 is 0 Å². The van der Waals surface area contributed by atoms with Crippen LogP contribution in [0.1, 0.15) is 6.42 Å². The smallest absolute Gasteiger partial charge is 0.225 e. The third-order valence-electron chi connectivity index (χ3n) is 3.43. The Balaban J connectivity index is 1.55. The molecule has 0 atom stereocenters. The number of fused-ring (bicyclic) bond motifs is 1. The fourth-order valence-electron chi connectivity index (χ4n) is 2.24. The molecule has 1 amide bonds. The Bertz CT molecular complexity index is 829. The van der Waals surface area contributed by atoms with Crippen molar-refractivity contribution in [3.63, 3.8) is 0 Å². The van der Waals surface area contributed by atoms with Crippen molar-refractivity contribution < 1.29 is 9.18 Å². The molecule has 0 aliphatic carbocycles. The van der Waals surface area contributed by atoms with Crippen LogP contribution in [0.3, 0.4) is 0 Å². The van der Waals surface area contributed by atoms with Gasteiger partial charge in [-0.05, 0) is 36.4 Å². The maximum absolute atomic E-state index is 12.8. The first-order valence-electron chi connectivity index (χ1n) is 7.23. The summed E-state index contributed by atoms with van der Waals surface area (Å²) in [5.41, 5.74) is 2.63. The molecule has 0 unspecified atom stereocenters. The Labute approximate surface area is 137 Å². The molecule has 1 aromatic heterocycles. The number of carbonyl (C=O) groups excluding carboxylic acids is 1. The molecule has 1 N–H and O–H groups in total. The lowest BCUT2D eigenvalue weighted by Gasteiger charge is -2.05. The molecule has 118 valence electrons. The van der Waals surface area contributed by atoms with Crippen LogP contribution >= 0.6 is 11.8 Å². The number of carbonyl (C=O) groups is 1. The van der Waals surface area contributed by atoms with Gasteiger partial charge in [0.2, 0.25) is 5.91 Å². The molecule has 0 saturated carbocycles. The Morgan fingerprint density at radius 3 is 2.70 bits per heavy atom. The lowest BCUT2D eigenvalue weighted by atomic mass is 10.3. The molecule has 0 aliphatic rings.